The molecule has 0 N–H and O–H groups in total. The van der Waals surface area contributed by atoms with E-state index in [2.05, 4.69) is 27.5 Å². The fourth-order valence-electron chi connectivity index (χ4n) is 2.63. The van der Waals surface area contributed by atoms with Crippen LogP contribution in [0.2, 0.25) is 0 Å². The van der Waals surface area contributed by atoms with E-state index < -0.39 is 11.2 Å². The van der Waals surface area contributed by atoms with Gasteiger partial charge in [0.2, 0.25) is 0 Å². The van der Waals surface area contributed by atoms with Crippen molar-refractivity contribution in [2.24, 2.45) is 14.1 Å². The average molecular weight is 405 g/mol. The molecular weight excluding hydrogens is 388 g/mol. The van der Waals surface area contributed by atoms with Gasteiger partial charge >= 0.3 is 5.69 Å². The van der Waals surface area contributed by atoms with Gasteiger partial charge in [0.25, 0.3) is 11.6 Å². The minimum Gasteiger partial charge on any atom is -0.460 e. The molecule has 0 amide bonds. The van der Waals surface area contributed by atoms with Crippen molar-refractivity contribution in [1.82, 2.24) is 18.7 Å². The quantitative estimate of drug-likeness (QED) is 0.608. The predicted octanol–water partition coefficient (Wildman–Crippen LogP) is 1.81. The minimum absolute atomic E-state index is 0.246. The second kappa shape index (κ2) is 6.72. The Morgan fingerprint density at radius 2 is 2.04 bits per heavy atom. The molecule has 2 aromatic heterocycles. The summed E-state index contributed by atoms with van der Waals surface area (Å²) in [6, 6.07) is 8.01. The molecular formula is C17H17BrN4O3. The SMILES string of the molecule is C=CCOc1nc2c(c(=O)n(C)c(=O)n2C)n1Cc1cccc(Br)c1. The molecule has 1 aromatic carbocycles. The van der Waals surface area contributed by atoms with Gasteiger partial charge in [-0.25, -0.2) is 4.79 Å². The fraction of sp³-hybridized carbons (Fsp3) is 0.235. The summed E-state index contributed by atoms with van der Waals surface area (Å²) >= 11 is 3.44. The Hall–Kier alpha value is -2.61. The Kier molecular flexibility index (Phi) is 4.63. The van der Waals surface area contributed by atoms with E-state index in [-0.39, 0.29) is 12.6 Å². The lowest BCUT2D eigenvalue weighted by molar-refractivity contribution is 0.320. The highest BCUT2D eigenvalue weighted by atomic mass is 79.9. The van der Waals surface area contributed by atoms with Gasteiger partial charge in [-0.2, -0.15) is 4.98 Å². The number of ether oxygens (including phenoxy) is 1. The number of hydrogen-bond acceptors (Lipinski definition) is 4. The topological polar surface area (TPSA) is 71.1 Å². The molecule has 0 radical (unpaired) electrons. The third-order valence-corrected chi connectivity index (χ3v) is 4.37. The van der Waals surface area contributed by atoms with Crippen LogP contribution < -0.4 is 16.0 Å². The number of halogens is 1. The zero-order valence-corrected chi connectivity index (χ0v) is 15.5. The van der Waals surface area contributed by atoms with E-state index in [4.69, 9.17) is 4.74 Å². The van der Waals surface area contributed by atoms with Crippen molar-refractivity contribution >= 4 is 27.1 Å². The van der Waals surface area contributed by atoms with Gasteiger partial charge in [-0.15, -0.1) is 0 Å². The zero-order chi connectivity index (χ0) is 18.1. The van der Waals surface area contributed by atoms with E-state index in [1.165, 1.54) is 11.6 Å². The van der Waals surface area contributed by atoms with E-state index in [1.807, 2.05) is 24.3 Å². The van der Waals surface area contributed by atoms with Crippen LogP contribution in [0, 0.1) is 0 Å². The monoisotopic (exact) mass is 404 g/mol. The van der Waals surface area contributed by atoms with Crippen molar-refractivity contribution < 1.29 is 4.74 Å². The Balaban J connectivity index is 2.28. The van der Waals surface area contributed by atoms with Gasteiger partial charge in [0, 0.05) is 18.6 Å². The van der Waals surface area contributed by atoms with Crippen LogP contribution >= 0.6 is 15.9 Å². The number of nitrogens with zero attached hydrogens (tertiary/aromatic N) is 4. The molecule has 0 bridgehead atoms. The summed E-state index contributed by atoms with van der Waals surface area (Å²) in [6.07, 6.45) is 1.60. The third kappa shape index (κ3) is 3.05. The van der Waals surface area contributed by atoms with Crippen molar-refractivity contribution in [1.29, 1.82) is 0 Å². The number of rotatable bonds is 5. The van der Waals surface area contributed by atoms with Crippen molar-refractivity contribution in [2.75, 3.05) is 6.61 Å². The van der Waals surface area contributed by atoms with E-state index in [0.717, 1.165) is 14.6 Å². The summed E-state index contributed by atoms with van der Waals surface area (Å²) in [4.78, 5) is 29.2. The first kappa shape index (κ1) is 17.2. The molecule has 0 aliphatic heterocycles. The van der Waals surface area contributed by atoms with E-state index in [0.29, 0.717) is 17.7 Å². The summed E-state index contributed by atoms with van der Waals surface area (Å²) in [5.74, 6) is 0. The molecule has 25 heavy (non-hydrogen) atoms. The lowest BCUT2D eigenvalue weighted by Gasteiger charge is -2.10. The molecule has 0 spiro atoms. The molecule has 0 aliphatic carbocycles. The van der Waals surface area contributed by atoms with Crippen LogP contribution in [0.15, 0.2) is 51.0 Å². The average Bonchev–Trinajstić information content (AvgIpc) is 2.95. The van der Waals surface area contributed by atoms with Gasteiger partial charge in [0.05, 0.1) is 6.54 Å². The predicted molar refractivity (Wildman–Crippen MR) is 99.2 cm³/mol. The number of fused-ring (bicyclic) bond motifs is 1. The van der Waals surface area contributed by atoms with Gasteiger partial charge in [-0.05, 0) is 17.7 Å². The summed E-state index contributed by atoms with van der Waals surface area (Å²) in [5, 5.41) is 0. The Bertz CT molecular complexity index is 1080. The molecule has 3 aromatic rings. The molecule has 130 valence electrons. The summed E-state index contributed by atoms with van der Waals surface area (Å²) in [7, 11) is 3.03. The smallest absolute Gasteiger partial charge is 0.332 e. The van der Waals surface area contributed by atoms with Crippen molar-refractivity contribution in [3.8, 4) is 6.01 Å². The molecule has 0 fully saturated rings. The largest absolute Gasteiger partial charge is 0.460 e. The van der Waals surface area contributed by atoms with Crippen molar-refractivity contribution in [2.45, 2.75) is 6.54 Å². The van der Waals surface area contributed by atoms with Crippen molar-refractivity contribution in [3.63, 3.8) is 0 Å². The normalized spacial score (nSPS) is 11.0. The van der Waals surface area contributed by atoms with Crippen LogP contribution in [0.3, 0.4) is 0 Å². The van der Waals surface area contributed by atoms with Crippen LogP contribution in [0.25, 0.3) is 11.2 Å². The van der Waals surface area contributed by atoms with E-state index in [9.17, 15) is 9.59 Å². The van der Waals surface area contributed by atoms with Crippen LogP contribution in [-0.2, 0) is 20.6 Å². The molecule has 0 aliphatic rings. The standard InChI is InChI=1S/C17H17BrN4O3/c1-4-8-25-16-19-14-13(15(23)21(3)17(24)20(14)2)22(16)10-11-6-5-7-12(18)9-11/h4-7,9H,1,8,10H2,2-3H3. The molecule has 2 heterocycles. The molecule has 7 nitrogen and oxygen atoms in total. The zero-order valence-electron chi connectivity index (χ0n) is 13.9. The minimum atomic E-state index is -0.431. The molecule has 3 rings (SSSR count). The van der Waals surface area contributed by atoms with Crippen LogP contribution in [0.4, 0.5) is 0 Å². The first-order valence-corrected chi connectivity index (χ1v) is 8.37. The highest BCUT2D eigenvalue weighted by Crippen LogP contribution is 2.21. The number of imidazole rings is 1. The third-order valence-electron chi connectivity index (χ3n) is 3.87. The van der Waals surface area contributed by atoms with Crippen LogP contribution in [-0.4, -0.2) is 25.3 Å². The van der Waals surface area contributed by atoms with Gasteiger partial charge in [0.15, 0.2) is 11.2 Å². The van der Waals surface area contributed by atoms with Crippen molar-refractivity contribution in [3.05, 3.63) is 67.8 Å². The lowest BCUT2D eigenvalue weighted by atomic mass is 10.2. The number of hydrogen-bond donors (Lipinski definition) is 0. The number of benzene rings is 1. The van der Waals surface area contributed by atoms with E-state index in [1.54, 1.807) is 17.7 Å². The molecule has 8 heteroatoms. The Morgan fingerprint density at radius 1 is 1.28 bits per heavy atom. The highest BCUT2D eigenvalue weighted by Gasteiger charge is 2.20. The first-order chi connectivity index (χ1) is 11.9. The van der Waals surface area contributed by atoms with E-state index >= 15 is 0 Å². The maximum absolute atomic E-state index is 12.7. The summed E-state index contributed by atoms with van der Waals surface area (Å²) in [6.45, 7) is 4.26. The highest BCUT2D eigenvalue weighted by molar-refractivity contribution is 9.10. The first-order valence-electron chi connectivity index (χ1n) is 7.58. The van der Waals surface area contributed by atoms with Crippen LogP contribution in [0.1, 0.15) is 5.56 Å². The molecule has 0 unspecified atom stereocenters. The van der Waals surface area contributed by atoms with Gasteiger partial charge in [-0.3, -0.25) is 18.5 Å². The second-order valence-electron chi connectivity index (χ2n) is 5.59. The van der Waals surface area contributed by atoms with Gasteiger partial charge < -0.3 is 4.74 Å². The van der Waals surface area contributed by atoms with Crippen LogP contribution in [0.5, 0.6) is 6.01 Å². The molecule has 0 atom stereocenters. The maximum atomic E-state index is 12.7. The molecule has 0 saturated carbocycles. The number of aromatic nitrogens is 4. The summed E-state index contributed by atoms with van der Waals surface area (Å²) < 4.78 is 10.6. The number of aryl methyl sites for hydroxylation is 1. The lowest BCUT2D eigenvalue weighted by Crippen LogP contribution is -2.37. The molecule has 0 saturated heterocycles. The second-order valence-corrected chi connectivity index (χ2v) is 6.50. The van der Waals surface area contributed by atoms with Gasteiger partial charge in [0.1, 0.15) is 6.61 Å². The summed E-state index contributed by atoms with van der Waals surface area (Å²) in [5.41, 5.74) is 0.743. The Morgan fingerprint density at radius 3 is 2.72 bits per heavy atom. The maximum Gasteiger partial charge on any atom is 0.332 e. The van der Waals surface area contributed by atoms with Gasteiger partial charge in [-0.1, -0.05) is 40.7 Å². The fourth-order valence-corrected chi connectivity index (χ4v) is 3.08. The Labute approximate surface area is 151 Å².